The molecule has 3 rings (SSSR count). The highest BCUT2D eigenvalue weighted by Gasteiger charge is 2.36. The number of hydrogen-bond donors (Lipinski definition) is 0. The summed E-state index contributed by atoms with van der Waals surface area (Å²) in [6.45, 7) is 4.08. The van der Waals surface area contributed by atoms with E-state index in [1.54, 1.807) is 16.2 Å². The molecule has 128 valence electrons. The van der Waals surface area contributed by atoms with Crippen LogP contribution in [0.5, 0.6) is 0 Å². The molecule has 8 heteroatoms. The number of halogens is 2. The van der Waals surface area contributed by atoms with Gasteiger partial charge in [0.2, 0.25) is 11.0 Å². The predicted molar refractivity (Wildman–Crippen MR) is 85.0 cm³/mol. The molecule has 0 bridgehead atoms. The molecule has 0 N–H and O–H groups in total. The summed E-state index contributed by atoms with van der Waals surface area (Å²) < 4.78 is 26.3. The van der Waals surface area contributed by atoms with Gasteiger partial charge in [-0.2, -0.15) is 0 Å². The summed E-state index contributed by atoms with van der Waals surface area (Å²) >= 11 is 1.59. The number of carbonyl (C=O) groups excluding carboxylic acids is 1. The van der Waals surface area contributed by atoms with Crippen LogP contribution < -0.4 is 4.90 Å². The van der Waals surface area contributed by atoms with Gasteiger partial charge in [0.15, 0.2) is 0 Å². The molecular weight excluding hydrogens is 322 g/mol. The summed E-state index contributed by atoms with van der Waals surface area (Å²) in [7, 11) is 0. The van der Waals surface area contributed by atoms with E-state index < -0.39 is 5.92 Å². The van der Waals surface area contributed by atoms with Crippen LogP contribution in [0.1, 0.15) is 37.1 Å². The molecule has 1 aromatic heterocycles. The fourth-order valence-corrected chi connectivity index (χ4v) is 3.94. The summed E-state index contributed by atoms with van der Waals surface area (Å²) in [5.74, 6) is -2.22. The fourth-order valence-electron chi connectivity index (χ4n) is 3.20. The van der Waals surface area contributed by atoms with Crippen molar-refractivity contribution in [3.05, 3.63) is 5.01 Å². The number of rotatable bonds is 3. The lowest BCUT2D eigenvalue weighted by molar-refractivity contribution is -0.138. The Labute approximate surface area is 138 Å². The first kappa shape index (κ1) is 16.5. The predicted octanol–water partition coefficient (Wildman–Crippen LogP) is 2.71. The lowest BCUT2D eigenvalue weighted by atomic mass is 9.92. The molecule has 0 aliphatic carbocycles. The van der Waals surface area contributed by atoms with Crippen molar-refractivity contribution in [3.63, 3.8) is 0 Å². The number of aromatic nitrogens is 2. The number of carbonyl (C=O) groups is 1. The van der Waals surface area contributed by atoms with Crippen LogP contribution in [0.4, 0.5) is 13.9 Å². The van der Waals surface area contributed by atoms with Crippen LogP contribution in [0.15, 0.2) is 0 Å². The number of nitrogens with zero attached hydrogens (tertiary/aromatic N) is 4. The van der Waals surface area contributed by atoms with E-state index in [4.69, 9.17) is 0 Å². The Hall–Kier alpha value is -1.31. The number of aryl methyl sites for hydroxylation is 1. The second-order valence-electron chi connectivity index (χ2n) is 6.47. The molecule has 1 amide bonds. The monoisotopic (exact) mass is 344 g/mol. The Balaban J connectivity index is 1.44. The van der Waals surface area contributed by atoms with Gasteiger partial charge < -0.3 is 9.80 Å². The maximum atomic E-state index is 13.2. The van der Waals surface area contributed by atoms with E-state index in [9.17, 15) is 13.6 Å². The van der Waals surface area contributed by atoms with Crippen molar-refractivity contribution in [1.29, 1.82) is 0 Å². The van der Waals surface area contributed by atoms with Gasteiger partial charge in [-0.25, -0.2) is 8.78 Å². The van der Waals surface area contributed by atoms with Gasteiger partial charge in [-0.3, -0.25) is 4.79 Å². The Morgan fingerprint density at radius 2 is 1.87 bits per heavy atom. The minimum Gasteiger partial charge on any atom is -0.347 e. The van der Waals surface area contributed by atoms with Gasteiger partial charge in [0.1, 0.15) is 5.01 Å². The zero-order valence-electron chi connectivity index (χ0n) is 13.3. The zero-order chi connectivity index (χ0) is 16.4. The molecular formula is C15H22F2N4OS. The molecule has 23 heavy (non-hydrogen) atoms. The normalized spacial score (nSPS) is 22.4. The average Bonchev–Trinajstić information content (AvgIpc) is 2.94. The highest BCUT2D eigenvalue weighted by atomic mass is 32.1. The first-order chi connectivity index (χ1) is 10.9. The molecule has 0 atom stereocenters. The second-order valence-corrected chi connectivity index (χ2v) is 7.64. The number of anilines is 1. The van der Waals surface area contributed by atoms with Crippen LogP contribution >= 0.6 is 11.3 Å². The van der Waals surface area contributed by atoms with Gasteiger partial charge in [-0.15, -0.1) is 10.2 Å². The number of amides is 1. The number of likely N-dealkylation sites (tertiary alicyclic amines) is 1. The summed E-state index contributed by atoms with van der Waals surface area (Å²) in [4.78, 5) is 16.1. The Morgan fingerprint density at radius 3 is 2.43 bits per heavy atom. The maximum absolute atomic E-state index is 13.2. The molecule has 2 aliphatic rings. The highest BCUT2D eigenvalue weighted by molar-refractivity contribution is 7.15. The van der Waals surface area contributed by atoms with E-state index in [2.05, 4.69) is 15.1 Å². The van der Waals surface area contributed by atoms with Crippen molar-refractivity contribution in [2.24, 2.45) is 5.92 Å². The summed E-state index contributed by atoms with van der Waals surface area (Å²) in [5.41, 5.74) is 0. The first-order valence-corrected chi connectivity index (χ1v) is 8.95. The summed E-state index contributed by atoms with van der Waals surface area (Å²) in [5, 5.41) is 10.1. The van der Waals surface area contributed by atoms with Crippen molar-refractivity contribution in [2.45, 2.75) is 45.0 Å². The van der Waals surface area contributed by atoms with E-state index >= 15 is 0 Å². The van der Waals surface area contributed by atoms with E-state index in [0.717, 1.165) is 36.1 Å². The van der Waals surface area contributed by atoms with Crippen LogP contribution in [-0.2, 0) is 4.79 Å². The van der Waals surface area contributed by atoms with Gasteiger partial charge in [-0.1, -0.05) is 11.3 Å². The van der Waals surface area contributed by atoms with Gasteiger partial charge in [0, 0.05) is 45.4 Å². The topological polar surface area (TPSA) is 49.3 Å². The number of piperidine rings is 2. The van der Waals surface area contributed by atoms with Crippen LogP contribution in [0.2, 0.25) is 0 Å². The quantitative estimate of drug-likeness (QED) is 0.846. The third-order valence-corrected chi connectivity index (χ3v) is 5.61. The number of hydrogen-bond acceptors (Lipinski definition) is 5. The molecule has 1 aromatic rings. The van der Waals surface area contributed by atoms with E-state index in [1.165, 1.54) is 0 Å². The van der Waals surface area contributed by atoms with E-state index in [-0.39, 0.29) is 31.8 Å². The van der Waals surface area contributed by atoms with Crippen molar-refractivity contribution >= 4 is 22.4 Å². The average molecular weight is 344 g/mol. The Morgan fingerprint density at radius 1 is 1.22 bits per heavy atom. The van der Waals surface area contributed by atoms with Crippen LogP contribution in [-0.4, -0.2) is 53.1 Å². The van der Waals surface area contributed by atoms with Crippen molar-refractivity contribution in [3.8, 4) is 0 Å². The lowest BCUT2D eigenvalue weighted by Crippen LogP contribution is -2.44. The van der Waals surface area contributed by atoms with Gasteiger partial charge >= 0.3 is 0 Å². The highest BCUT2D eigenvalue weighted by Crippen LogP contribution is 2.30. The van der Waals surface area contributed by atoms with Crippen molar-refractivity contribution < 1.29 is 13.6 Å². The molecule has 3 heterocycles. The largest absolute Gasteiger partial charge is 0.347 e. The van der Waals surface area contributed by atoms with Crippen LogP contribution in [0.25, 0.3) is 0 Å². The molecule has 2 aliphatic heterocycles. The second kappa shape index (κ2) is 6.67. The Kier molecular flexibility index (Phi) is 4.79. The van der Waals surface area contributed by atoms with Crippen LogP contribution in [0.3, 0.4) is 0 Å². The number of alkyl halides is 2. The fraction of sp³-hybridized carbons (Fsp3) is 0.800. The molecule has 0 radical (unpaired) electrons. The third kappa shape index (κ3) is 4.16. The first-order valence-electron chi connectivity index (χ1n) is 8.14. The molecule has 2 saturated heterocycles. The molecule has 5 nitrogen and oxygen atoms in total. The molecule has 0 spiro atoms. The smallest absolute Gasteiger partial charge is 0.251 e. The summed E-state index contributed by atoms with van der Waals surface area (Å²) in [6.07, 6.45) is 1.96. The lowest BCUT2D eigenvalue weighted by Gasteiger charge is -2.35. The third-order valence-electron chi connectivity index (χ3n) is 4.71. The van der Waals surface area contributed by atoms with Gasteiger partial charge in [0.05, 0.1) is 0 Å². The Bertz CT molecular complexity index is 547. The van der Waals surface area contributed by atoms with Crippen molar-refractivity contribution in [1.82, 2.24) is 15.1 Å². The van der Waals surface area contributed by atoms with Gasteiger partial charge in [-0.05, 0) is 25.7 Å². The zero-order valence-corrected chi connectivity index (χ0v) is 14.1. The van der Waals surface area contributed by atoms with Gasteiger partial charge in [0.25, 0.3) is 5.92 Å². The molecule has 2 fully saturated rings. The van der Waals surface area contributed by atoms with E-state index in [0.29, 0.717) is 12.3 Å². The minimum atomic E-state index is -2.60. The van der Waals surface area contributed by atoms with E-state index in [1.807, 2.05) is 6.92 Å². The minimum absolute atomic E-state index is 0.0331. The molecule has 0 unspecified atom stereocenters. The van der Waals surface area contributed by atoms with Crippen molar-refractivity contribution in [2.75, 3.05) is 31.1 Å². The molecule has 0 saturated carbocycles. The summed E-state index contributed by atoms with van der Waals surface area (Å²) in [6, 6.07) is 0. The maximum Gasteiger partial charge on any atom is 0.251 e. The standard InChI is InChI=1S/C15H22F2N4OS/c1-11-18-19-14(23-11)21-6-2-12(3-7-21)10-13(22)20-8-4-15(16,17)5-9-20/h12H,2-10H2,1H3. The molecule has 0 aromatic carbocycles. The van der Waals surface area contributed by atoms with Crippen LogP contribution in [0, 0.1) is 12.8 Å². The SMILES string of the molecule is Cc1nnc(N2CCC(CC(=O)N3CCC(F)(F)CC3)CC2)s1.